The molecule has 4 aromatic rings. The fraction of sp³-hybridized carbons (Fsp3) is 0.345. The molecule has 0 spiro atoms. The minimum absolute atomic E-state index is 0.00845. The number of aromatic nitrogens is 4. The van der Waals surface area contributed by atoms with Crippen LogP contribution in [-0.4, -0.2) is 43.6 Å². The zero-order valence-electron chi connectivity index (χ0n) is 21.5. The van der Waals surface area contributed by atoms with E-state index < -0.39 is 12.4 Å². The fourth-order valence-corrected chi connectivity index (χ4v) is 5.70. The van der Waals surface area contributed by atoms with Crippen LogP contribution < -0.4 is 15.8 Å². The number of hydrogen-bond donors (Lipinski definition) is 2. The van der Waals surface area contributed by atoms with Crippen molar-refractivity contribution in [3.63, 3.8) is 0 Å². The maximum absolute atomic E-state index is 13.7. The number of anilines is 3. The van der Waals surface area contributed by atoms with Crippen molar-refractivity contribution in [2.24, 2.45) is 0 Å². The van der Waals surface area contributed by atoms with E-state index in [4.69, 9.17) is 14.8 Å². The number of benzene rings is 1. The van der Waals surface area contributed by atoms with Crippen molar-refractivity contribution >= 4 is 34.6 Å². The number of ether oxygens (including phenoxy) is 1. The summed E-state index contributed by atoms with van der Waals surface area (Å²) in [6, 6.07) is 15.7. The predicted molar refractivity (Wildman–Crippen MR) is 148 cm³/mol. The van der Waals surface area contributed by atoms with E-state index in [1.165, 1.54) is 0 Å². The zero-order chi connectivity index (χ0) is 26.8. The molecule has 6 rings (SSSR count). The van der Waals surface area contributed by atoms with Crippen LogP contribution in [0.5, 0.6) is 0 Å². The van der Waals surface area contributed by atoms with Gasteiger partial charge < -0.3 is 20.1 Å². The van der Waals surface area contributed by atoms with Crippen LogP contribution in [0.4, 0.5) is 22.2 Å². The molecular weight excluding hydrogens is 496 g/mol. The molecule has 0 amide bonds. The Balaban J connectivity index is 1.29. The lowest BCUT2D eigenvalue weighted by atomic mass is 10.0. The van der Waals surface area contributed by atoms with Crippen molar-refractivity contribution in [3.8, 4) is 0 Å². The molecule has 1 atom stereocenters. The first-order chi connectivity index (χ1) is 19.0. The molecule has 1 aromatic carbocycles. The summed E-state index contributed by atoms with van der Waals surface area (Å²) in [5.74, 6) is 0.904. The third kappa shape index (κ3) is 5.27. The molecule has 0 bridgehead atoms. The lowest BCUT2D eigenvalue weighted by Gasteiger charge is -2.25. The summed E-state index contributed by atoms with van der Waals surface area (Å²) in [6.45, 7) is 0.700. The monoisotopic (exact) mass is 526 g/mol. The van der Waals surface area contributed by atoms with E-state index in [1.54, 1.807) is 18.5 Å². The van der Waals surface area contributed by atoms with E-state index in [1.807, 2.05) is 51.9 Å². The van der Waals surface area contributed by atoms with Gasteiger partial charge in [-0.3, -0.25) is 9.36 Å². The average molecular weight is 527 g/mol. The second kappa shape index (κ2) is 10.7. The lowest BCUT2D eigenvalue weighted by molar-refractivity contribution is 0.0558. The van der Waals surface area contributed by atoms with E-state index in [0.29, 0.717) is 36.8 Å². The molecule has 1 saturated heterocycles. The van der Waals surface area contributed by atoms with Gasteiger partial charge in [0.05, 0.1) is 11.9 Å². The predicted octanol–water partition coefficient (Wildman–Crippen LogP) is 5.26. The third-order valence-electron chi connectivity index (χ3n) is 7.53. The Morgan fingerprint density at radius 3 is 2.59 bits per heavy atom. The SMILES string of the molecule is O=C(O)OC1CCCN1c1ccc(Nc2ncc3cc(Cc4ccccc4)c(=O)n(C4CCCC4)c3n2)nc1. The van der Waals surface area contributed by atoms with Gasteiger partial charge in [0.25, 0.3) is 5.56 Å². The van der Waals surface area contributed by atoms with Crippen molar-refractivity contribution in [2.45, 2.75) is 57.2 Å². The third-order valence-corrected chi connectivity index (χ3v) is 7.53. The Kier molecular flexibility index (Phi) is 6.83. The summed E-state index contributed by atoms with van der Waals surface area (Å²) in [5, 5.41) is 13.0. The Bertz CT molecular complexity index is 1530. The van der Waals surface area contributed by atoms with Crippen molar-refractivity contribution in [1.82, 2.24) is 19.5 Å². The number of carbonyl (C=O) groups is 1. The summed E-state index contributed by atoms with van der Waals surface area (Å²) in [4.78, 5) is 40.4. The van der Waals surface area contributed by atoms with Gasteiger partial charge in [-0.2, -0.15) is 4.98 Å². The molecule has 1 aliphatic heterocycles. The first-order valence-corrected chi connectivity index (χ1v) is 13.4. The summed E-state index contributed by atoms with van der Waals surface area (Å²) in [6.07, 6.45) is 7.83. The van der Waals surface area contributed by atoms with E-state index in [-0.39, 0.29) is 11.6 Å². The molecule has 2 aliphatic rings. The molecule has 0 radical (unpaired) electrons. The molecule has 3 aromatic heterocycles. The Morgan fingerprint density at radius 2 is 1.85 bits per heavy atom. The van der Waals surface area contributed by atoms with Crippen LogP contribution >= 0.6 is 0 Å². The zero-order valence-corrected chi connectivity index (χ0v) is 21.5. The minimum Gasteiger partial charge on any atom is -0.450 e. The fourth-order valence-electron chi connectivity index (χ4n) is 5.70. The average Bonchev–Trinajstić information content (AvgIpc) is 3.63. The van der Waals surface area contributed by atoms with Crippen LogP contribution in [0.3, 0.4) is 0 Å². The summed E-state index contributed by atoms with van der Waals surface area (Å²) >= 11 is 0. The number of nitrogens with zero attached hydrogens (tertiary/aromatic N) is 5. The van der Waals surface area contributed by atoms with Gasteiger partial charge >= 0.3 is 6.16 Å². The van der Waals surface area contributed by atoms with Crippen LogP contribution in [-0.2, 0) is 11.2 Å². The highest BCUT2D eigenvalue weighted by Gasteiger charge is 2.28. The van der Waals surface area contributed by atoms with Gasteiger partial charge in [-0.1, -0.05) is 43.2 Å². The van der Waals surface area contributed by atoms with Crippen LogP contribution in [0.25, 0.3) is 11.0 Å². The second-order valence-corrected chi connectivity index (χ2v) is 10.1. The van der Waals surface area contributed by atoms with Crippen LogP contribution in [0.15, 0.2) is 65.7 Å². The second-order valence-electron chi connectivity index (χ2n) is 10.1. The molecule has 2 N–H and O–H groups in total. The van der Waals surface area contributed by atoms with Crippen molar-refractivity contribution in [1.29, 1.82) is 0 Å². The van der Waals surface area contributed by atoms with Gasteiger partial charge in [-0.15, -0.1) is 0 Å². The van der Waals surface area contributed by atoms with Crippen molar-refractivity contribution in [2.75, 3.05) is 16.8 Å². The number of rotatable bonds is 7. The first-order valence-electron chi connectivity index (χ1n) is 13.4. The minimum atomic E-state index is -1.28. The van der Waals surface area contributed by atoms with Gasteiger partial charge in [0.1, 0.15) is 11.5 Å². The smallest absolute Gasteiger partial charge is 0.450 e. The maximum atomic E-state index is 13.7. The van der Waals surface area contributed by atoms with Crippen LogP contribution in [0.2, 0.25) is 0 Å². The van der Waals surface area contributed by atoms with Crippen molar-refractivity contribution < 1.29 is 14.6 Å². The van der Waals surface area contributed by atoms with E-state index in [2.05, 4.69) is 15.3 Å². The van der Waals surface area contributed by atoms with Gasteiger partial charge in [0, 0.05) is 42.6 Å². The molecule has 10 heteroatoms. The topological polar surface area (TPSA) is 122 Å². The van der Waals surface area contributed by atoms with E-state index in [9.17, 15) is 9.59 Å². The number of pyridine rings is 2. The molecule has 200 valence electrons. The standard InChI is InChI=1S/C29H30N6O4/c36-27-20(15-19-7-2-1-3-8-19)16-21-17-31-28(33-26(21)35(27)22-9-4-5-10-22)32-24-13-12-23(18-30-24)34-14-6-11-25(34)39-29(37)38/h1-3,7-8,12-13,16-18,22,25H,4-6,9-11,14-15H2,(H,37,38)(H,30,31,32,33). The highest BCUT2D eigenvalue weighted by molar-refractivity contribution is 5.77. The van der Waals surface area contributed by atoms with Crippen LogP contribution in [0.1, 0.15) is 55.7 Å². The molecule has 10 nitrogen and oxygen atoms in total. The number of hydrogen-bond acceptors (Lipinski definition) is 8. The highest BCUT2D eigenvalue weighted by atomic mass is 16.7. The van der Waals surface area contributed by atoms with Gasteiger partial charge in [-0.05, 0) is 43.0 Å². The van der Waals surface area contributed by atoms with E-state index >= 15 is 0 Å². The van der Waals surface area contributed by atoms with E-state index in [0.717, 1.165) is 54.3 Å². The number of carboxylic acid groups (broad SMARTS) is 1. The molecule has 1 unspecified atom stereocenters. The Hall–Kier alpha value is -4.47. The van der Waals surface area contributed by atoms with Gasteiger partial charge in [0.2, 0.25) is 5.95 Å². The normalized spacial score (nSPS) is 17.5. The molecule has 2 fully saturated rings. The molecule has 1 aliphatic carbocycles. The Morgan fingerprint density at radius 1 is 1.03 bits per heavy atom. The Labute approximate surface area is 225 Å². The quantitative estimate of drug-likeness (QED) is 0.311. The maximum Gasteiger partial charge on any atom is 0.507 e. The molecular formula is C29H30N6O4. The van der Waals surface area contributed by atoms with Crippen LogP contribution in [0, 0.1) is 0 Å². The van der Waals surface area contributed by atoms with Gasteiger partial charge in [0.15, 0.2) is 6.23 Å². The largest absolute Gasteiger partial charge is 0.507 e. The van der Waals surface area contributed by atoms with Crippen molar-refractivity contribution in [3.05, 3.63) is 82.4 Å². The molecule has 1 saturated carbocycles. The van der Waals surface area contributed by atoms with Gasteiger partial charge in [-0.25, -0.2) is 14.8 Å². The molecule has 4 heterocycles. The first kappa shape index (κ1) is 24.8. The summed E-state index contributed by atoms with van der Waals surface area (Å²) < 4.78 is 6.88. The molecule has 39 heavy (non-hydrogen) atoms. The summed E-state index contributed by atoms with van der Waals surface area (Å²) in [5.41, 5.74) is 3.26. The number of fused-ring (bicyclic) bond motifs is 1. The highest BCUT2D eigenvalue weighted by Crippen LogP contribution is 2.31. The summed E-state index contributed by atoms with van der Waals surface area (Å²) in [7, 11) is 0. The lowest BCUT2D eigenvalue weighted by Crippen LogP contribution is -2.33. The number of nitrogens with one attached hydrogen (secondary N) is 1.